The molecule has 2 aliphatic heterocycles. The number of rotatable bonds is 0. The molecule has 1 atom stereocenters. The predicted octanol–water partition coefficient (Wildman–Crippen LogP) is 0.339. The minimum atomic E-state index is 0.513. The van der Waals surface area contributed by atoms with Crippen LogP contribution in [0.5, 0.6) is 0 Å². The summed E-state index contributed by atoms with van der Waals surface area (Å²) in [6, 6.07) is 0. The average molecular weight is 123 g/mol. The largest absolute Gasteiger partial charge is 0.294 e. The monoisotopic (exact) mass is 123 g/mol. The maximum absolute atomic E-state index is 3.30. The van der Waals surface area contributed by atoms with Gasteiger partial charge in [-0.15, -0.1) is 0 Å². The van der Waals surface area contributed by atoms with Crippen molar-refractivity contribution >= 4 is 0 Å². The summed E-state index contributed by atoms with van der Waals surface area (Å²) in [6.07, 6.45) is 6.13. The molecule has 2 heteroatoms. The van der Waals surface area contributed by atoms with E-state index in [2.05, 4.69) is 28.9 Å². The highest BCUT2D eigenvalue weighted by Gasteiger charge is 2.21. The smallest absolute Gasteiger partial charge is 0.0795 e. The van der Waals surface area contributed by atoms with Crippen LogP contribution in [-0.4, -0.2) is 24.2 Å². The average Bonchev–Trinajstić information content (AvgIpc) is 2.33. The van der Waals surface area contributed by atoms with Gasteiger partial charge < -0.3 is 0 Å². The van der Waals surface area contributed by atoms with Gasteiger partial charge in [0.15, 0.2) is 0 Å². The van der Waals surface area contributed by atoms with E-state index in [0.29, 0.717) is 6.17 Å². The molecule has 0 bridgehead atoms. The lowest BCUT2D eigenvalue weighted by Gasteiger charge is -2.29. The second kappa shape index (κ2) is 2.12. The molecule has 1 N–H and O–H groups in total. The van der Waals surface area contributed by atoms with E-state index in [1.54, 1.807) is 0 Å². The van der Waals surface area contributed by atoms with Crippen LogP contribution in [0.25, 0.3) is 0 Å². The second-order valence-corrected chi connectivity index (χ2v) is 2.53. The molecule has 1 unspecified atom stereocenters. The summed E-state index contributed by atoms with van der Waals surface area (Å²) in [7, 11) is 0. The topological polar surface area (TPSA) is 15.3 Å². The van der Waals surface area contributed by atoms with E-state index in [1.165, 1.54) is 13.0 Å². The summed E-state index contributed by atoms with van der Waals surface area (Å²) in [5, 5.41) is 3.30. The molecule has 0 aromatic carbocycles. The zero-order valence-corrected chi connectivity index (χ0v) is 5.38. The van der Waals surface area contributed by atoms with Gasteiger partial charge in [-0.3, -0.25) is 10.2 Å². The molecular formula is C7H11N2. The molecule has 1 radical (unpaired) electrons. The molecular weight excluding hydrogens is 112 g/mol. The lowest BCUT2D eigenvalue weighted by molar-refractivity contribution is 0.217. The van der Waals surface area contributed by atoms with Crippen molar-refractivity contribution in [3.63, 3.8) is 0 Å². The number of hydrogen-bond acceptors (Lipinski definition) is 2. The first-order valence-corrected chi connectivity index (χ1v) is 3.45. The molecule has 0 spiro atoms. The Labute approximate surface area is 55.5 Å². The lowest BCUT2D eigenvalue weighted by Crippen LogP contribution is -2.45. The fourth-order valence-corrected chi connectivity index (χ4v) is 1.39. The van der Waals surface area contributed by atoms with Gasteiger partial charge in [0.25, 0.3) is 0 Å². The van der Waals surface area contributed by atoms with Crippen LogP contribution in [0.1, 0.15) is 6.42 Å². The molecule has 1 saturated heterocycles. The van der Waals surface area contributed by atoms with E-state index >= 15 is 0 Å². The molecule has 0 aliphatic carbocycles. The lowest BCUT2D eigenvalue weighted by atomic mass is 10.3. The van der Waals surface area contributed by atoms with Gasteiger partial charge in [-0.1, -0.05) is 12.2 Å². The summed E-state index contributed by atoms with van der Waals surface area (Å²) >= 11 is 0. The minimum Gasteiger partial charge on any atom is -0.294 e. The van der Waals surface area contributed by atoms with Crippen molar-refractivity contribution in [2.75, 3.05) is 13.1 Å². The first kappa shape index (κ1) is 5.45. The second-order valence-electron chi connectivity index (χ2n) is 2.53. The zero-order chi connectivity index (χ0) is 6.10. The van der Waals surface area contributed by atoms with Crippen molar-refractivity contribution in [1.29, 1.82) is 0 Å². The summed E-state index contributed by atoms with van der Waals surface area (Å²) in [6.45, 7) is 4.49. The van der Waals surface area contributed by atoms with E-state index in [9.17, 15) is 0 Å². The van der Waals surface area contributed by atoms with Crippen molar-refractivity contribution in [3.05, 3.63) is 18.7 Å². The SMILES string of the molecule is [CH]1CCN2CC=CC2N1. The molecule has 0 saturated carbocycles. The van der Waals surface area contributed by atoms with Gasteiger partial charge in [-0.2, -0.15) is 0 Å². The Hall–Kier alpha value is -0.340. The van der Waals surface area contributed by atoms with Crippen LogP contribution in [0, 0.1) is 6.54 Å². The van der Waals surface area contributed by atoms with Gasteiger partial charge in [0.05, 0.1) is 6.17 Å². The fraction of sp³-hybridized carbons (Fsp3) is 0.571. The van der Waals surface area contributed by atoms with E-state index in [4.69, 9.17) is 0 Å². The highest BCUT2D eigenvalue weighted by atomic mass is 15.3. The number of hydrogen-bond donors (Lipinski definition) is 1. The minimum absolute atomic E-state index is 0.513. The zero-order valence-electron chi connectivity index (χ0n) is 5.38. The number of fused-ring (bicyclic) bond motifs is 1. The Kier molecular flexibility index (Phi) is 1.28. The summed E-state index contributed by atoms with van der Waals surface area (Å²) < 4.78 is 0. The van der Waals surface area contributed by atoms with Crippen molar-refractivity contribution in [3.8, 4) is 0 Å². The molecule has 0 amide bonds. The number of nitrogens with one attached hydrogen (secondary N) is 1. The number of nitrogens with zero attached hydrogens (tertiary/aromatic N) is 1. The van der Waals surface area contributed by atoms with Gasteiger partial charge in [0.1, 0.15) is 0 Å². The van der Waals surface area contributed by atoms with Crippen molar-refractivity contribution in [1.82, 2.24) is 10.2 Å². The third kappa shape index (κ3) is 0.884. The fourth-order valence-electron chi connectivity index (χ4n) is 1.39. The Morgan fingerprint density at radius 2 is 2.56 bits per heavy atom. The maximum atomic E-state index is 3.30. The molecule has 9 heavy (non-hydrogen) atoms. The Balaban J connectivity index is 2.03. The van der Waals surface area contributed by atoms with Crippen molar-refractivity contribution in [2.24, 2.45) is 0 Å². The Bertz CT molecular complexity index is 131. The molecule has 0 aromatic rings. The van der Waals surface area contributed by atoms with Crippen LogP contribution >= 0.6 is 0 Å². The van der Waals surface area contributed by atoms with E-state index < -0.39 is 0 Å². The van der Waals surface area contributed by atoms with E-state index in [1.807, 2.05) is 0 Å². The molecule has 0 aromatic heterocycles. The molecule has 49 valence electrons. The third-order valence-electron chi connectivity index (χ3n) is 1.90. The van der Waals surface area contributed by atoms with Crippen molar-refractivity contribution < 1.29 is 0 Å². The van der Waals surface area contributed by atoms with Crippen LogP contribution in [0.4, 0.5) is 0 Å². The molecule has 1 fully saturated rings. The van der Waals surface area contributed by atoms with E-state index in [0.717, 1.165) is 6.54 Å². The van der Waals surface area contributed by atoms with Crippen molar-refractivity contribution in [2.45, 2.75) is 12.6 Å². The molecule has 2 rings (SSSR count). The highest BCUT2D eigenvalue weighted by Crippen LogP contribution is 2.12. The predicted molar refractivity (Wildman–Crippen MR) is 36.6 cm³/mol. The highest BCUT2D eigenvalue weighted by molar-refractivity contribution is 5.05. The molecule has 2 nitrogen and oxygen atoms in total. The quantitative estimate of drug-likeness (QED) is 0.467. The normalized spacial score (nSPS) is 34.9. The van der Waals surface area contributed by atoms with Gasteiger partial charge in [-0.05, 0) is 6.42 Å². The van der Waals surface area contributed by atoms with Crippen LogP contribution < -0.4 is 5.32 Å². The first-order valence-electron chi connectivity index (χ1n) is 3.45. The Morgan fingerprint density at radius 1 is 1.56 bits per heavy atom. The summed E-state index contributed by atoms with van der Waals surface area (Å²) in [5.74, 6) is 0. The summed E-state index contributed by atoms with van der Waals surface area (Å²) in [4.78, 5) is 2.42. The van der Waals surface area contributed by atoms with Crippen LogP contribution in [0.2, 0.25) is 0 Å². The van der Waals surface area contributed by atoms with Gasteiger partial charge in [0, 0.05) is 19.6 Å². The molecule has 2 heterocycles. The van der Waals surface area contributed by atoms with Gasteiger partial charge in [0.2, 0.25) is 0 Å². The van der Waals surface area contributed by atoms with Crippen LogP contribution in [0.15, 0.2) is 12.2 Å². The Morgan fingerprint density at radius 3 is 3.44 bits per heavy atom. The molecule has 2 aliphatic rings. The van der Waals surface area contributed by atoms with Crippen LogP contribution in [0.3, 0.4) is 0 Å². The first-order chi connectivity index (χ1) is 4.47. The van der Waals surface area contributed by atoms with E-state index in [-0.39, 0.29) is 0 Å². The maximum Gasteiger partial charge on any atom is 0.0795 e. The standard InChI is InChI=1S/C7H11N2/c1-3-7-8-4-2-6-9(7)5-1/h1,3-4,7-8H,2,5-6H2. The third-order valence-corrected chi connectivity index (χ3v) is 1.90. The van der Waals surface area contributed by atoms with Gasteiger partial charge >= 0.3 is 0 Å². The van der Waals surface area contributed by atoms with Crippen LogP contribution in [-0.2, 0) is 0 Å². The summed E-state index contributed by atoms with van der Waals surface area (Å²) in [5.41, 5.74) is 0. The van der Waals surface area contributed by atoms with Gasteiger partial charge in [-0.25, -0.2) is 0 Å².